The van der Waals surface area contributed by atoms with E-state index in [0.717, 1.165) is 40.8 Å². The highest BCUT2D eigenvalue weighted by Crippen LogP contribution is 2.27. The Bertz CT molecular complexity index is 1230. The van der Waals surface area contributed by atoms with Crippen molar-refractivity contribution in [2.75, 3.05) is 5.88 Å². The van der Waals surface area contributed by atoms with Crippen LogP contribution in [0.5, 0.6) is 0 Å². The van der Waals surface area contributed by atoms with Gasteiger partial charge in [0.15, 0.2) is 0 Å². The summed E-state index contributed by atoms with van der Waals surface area (Å²) in [6.07, 6.45) is 2.92. The lowest BCUT2D eigenvalue weighted by molar-refractivity contribution is 0.0912. The number of carbonyl (C=O) groups is 2. The van der Waals surface area contributed by atoms with Gasteiger partial charge in [-0.25, -0.2) is 4.98 Å². The Labute approximate surface area is 198 Å². The SMILES string of the molecule is Cc1cccc2c1nc([C@H](CCCCC(=N)CCl)NC(=O)c1cccc3c1C(=O)NC3)n2C. The maximum Gasteiger partial charge on any atom is 0.252 e. The Morgan fingerprint density at radius 2 is 2.06 bits per heavy atom. The monoisotopic (exact) mass is 465 g/mol. The number of hydrogen-bond donors (Lipinski definition) is 3. The molecule has 1 atom stereocenters. The molecule has 0 spiro atoms. The smallest absolute Gasteiger partial charge is 0.252 e. The zero-order chi connectivity index (χ0) is 23.5. The number of aromatic nitrogens is 2. The van der Waals surface area contributed by atoms with E-state index in [2.05, 4.69) is 10.6 Å². The number of alkyl halides is 1. The van der Waals surface area contributed by atoms with E-state index in [-0.39, 0.29) is 23.7 Å². The molecule has 2 aromatic carbocycles. The molecule has 1 aromatic heterocycles. The van der Waals surface area contributed by atoms with E-state index in [9.17, 15) is 9.59 Å². The maximum atomic E-state index is 13.3. The summed E-state index contributed by atoms with van der Waals surface area (Å²) in [7, 11) is 1.96. The second kappa shape index (κ2) is 9.75. The Kier molecular flexibility index (Phi) is 6.79. The van der Waals surface area contributed by atoms with E-state index in [4.69, 9.17) is 22.0 Å². The highest BCUT2D eigenvalue weighted by molar-refractivity contribution is 6.28. The summed E-state index contributed by atoms with van der Waals surface area (Å²) >= 11 is 5.74. The molecule has 33 heavy (non-hydrogen) atoms. The predicted molar refractivity (Wildman–Crippen MR) is 130 cm³/mol. The summed E-state index contributed by atoms with van der Waals surface area (Å²) in [6.45, 7) is 2.46. The summed E-state index contributed by atoms with van der Waals surface area (Å²) in [5, 5.41) is 13.7. The first kappa shape index (κ1) is 23.0. The van der Waals surface area contributed by atoms with Crippen molar-refractivity contribution < 1.29 is 9.59 Å². The molecule has 4 rings (SSSR count). The molecule has 1 aliphatic rings. The topological polar surface area (TPSA) is 99.9 Å². The van der Waals surface area contributed by atoms with Crippen molar-refractivity contribution >= 4 is 40.2 Å². The number of imidazole rings is 1. The molecule has 0 bridgehead atoms. The van der Waals surface area contributed by atoms with Gasteiger partial charge in [-0.05, 0) is 49.4 Å². The molecular weight excluding hydrogens is 438 g/mol. The van der Waals surface area contributed by atoms with Crippen LogP contribution in [0.1, 0.15) is 69.4 Å². The number of nitrogens with one attached hydrogen (secondary N) is 3. The Morgan fingerprint density at radius 1 is 1.27 bits per heavy atom. The molecule has 3 N–H and O–H groups in total. The molecule has 7 nitrogen and oxygen atoms in total. The number of amides is 2. The number of hydrogen-bond acceptors (Lipinski definition) is 4. The normalized spacial score (nSPS) is 13.6. The van der Waals surface area contributed by atoms with Crippen LogP contribution in [-0.2, 0) is 13.6 Å². The van der Waals surface area contributed by atoms with Crippen LogP contribution in [0.2, 0.25) is 0 Å². The van der Waals surface area contributed by atoms with Gasteiger partial charge in [0, 0.05) is 19.3 Å². The van der Waals surface area contributed by atoms with Crippen LogP contribution < -0.4 is 10.6 Å². The van der Waals surface area contributed by atoms with Gasteiger partial charge in [0.05, 0.1) is 34.1 Å². The lowest BCUT2D eigenvalue weighted by atomic mass is 10.0. The van der Waals surface area contributed by atoms with Gasteiger partial charge in [-0.1, -0.05) is 30.7 Å². The minimum atomic E-state index is -0.334. The molecule has 3 aromatic rings. The second-order valence-corrected chi connectivity index (χ2v) is 8.77. The van der Waals surface area contributed by atoms with Crippen LogP contribution in [-0.4, -0.2) is 33.0 Å². The van der Waals surface area contributed by atoms with Crippen LogP contribution in [0.15, 0.2) is 36.4 Å². The maximum absolute atomic E-state index is 13.3. The van der Waals surface area contributed by atoms with Gasteiger partial charge in [0.1, 0.15) is 5.82 Å². The molecule has 0 aliphatic carbocycles. The van der Waals surface area contributed by atoms with Crippen molar-refractivity contribution in [3.05, 3.63) is 64.5 Å². The molecule has 0 saturated heterocycles. The van der Waals surface area contributed by atoms with Gasteiger partial charge >= 0.3 is 0 Å². The first-order chi connectivity index (χ1) is 15.9. The number of nitrogens with zero attached hydrogens (tertiary/aromatic N) is 2. The van der Waals surface area contributed by atoms with E-state index in [0.29, 0.717) is 36.2 Å². The van der Waals surface area contributed by atoms with Gasteiger partial charge in [0.2, 0.25) is 0 Å². The molecule has 2 heterocycles. The van der Waals surface area contributed by atoms with Crippen LogP contribution in [0, 0.1) is 12.3 Å². The van der Waals surface area contributed by atoms with E-state index in [1.165, 1.54) is 0 Å². The summed E-state index contributed by atoms with van der Waals surface area (Å²) in [5.41, 5.74) is 5.18. The molecule has 1 aliphatic heterocycles. The highest BCUT2D eigenvalue weighted by Gasteiger charge is 2.28. The summed E-state index contributed by atoms with van der Waals surface area (Å²) in [4.78, 5) is 30.5. The standard InChI is InChI=1S/C25H28ClN5O2/c1-15-7-5-12-20-22(15)30-23(31(20)2)19(11-4-3-9-17(27)13-26)29-24(32)18-10-6-8-16-14-28-25(33)21(16)18/h5-8,10,12,19,27H,3-4,9,11,13-14H2,1-2H3,(H,28,33)(H,29,32)/t19-/m0/s1. The number of unbranched alkanes of at least 4 members (excludes halogenated alkanes) is 1. The molecular formula is C25H28ClN5O2. The number of carbonyl (C=O) groups excluding carboxylic acids is 2. The number of rotatable bonds is 9. The van der Waals surface area contributed by atoms with Gasteiger partial charge in [-0.3, -0.25) is 9.59 Å². The third-order valence-corrected chi connectivity index (χ3v) is 6.53. The quantitative estimate of drug-likeness (QED) is 0.248. The predicted octanol–water partition coefficient (Wildman–Crippen LogP) is 4.42. The lowest BCUT2D eigenvalue weighted by Crippen LogP contribution is -2.31. The van der Waals surface area contributed by atoms with Gasteiger partial charge in [-0.15, -0.1) is 11.6 Å². The average molecular weight is 466 g/mol. The average Bonchev–Trinajstić information content (AvgIpc) is 3.36. The fraction of sp³-hybridized carbons (Fsp3) is 0.360. The first-order valence-electron chi connectivity index (χ1n) is 11.2. The zero-order valence-corrected chi connectivity index (χ0v) is 19.6. The van der Waals surface area contributed by atoms with E-state index < -0.39 is 0 Å². The number of benzene rings is 2. The summed E-state index contributed by atoms with van der Waals surface area (Å²) < 4.78 is 2.02. The number of fused-ring (bicyclic) bond motifs is 2. The Morgan fingerprint density at radius 3 is 2.82 bits per heavy atom. The second-order valence-electron chi connectivity index (χ2n) is 8.50. The van der Waals surface area contributed by atoms with Gasteiger partial charge in [-0.2, -0.15) is 0 Å². The fourth-order valence-electron chi connectivity index (χ4n) is 4.41. The molecule has 0 saturated carbocycles. The Balaban J connectivity index is 1.63. The van der Waals surface area contributed by atoms with Crippen LogP contribution >= 0.6 is 11.6 Å². The zero-order valence-electron chi connectivity index (χ0n) is 18.9. The lowest BCUT2D eigenvalue weighted by Gasteiger charge is -2.19. The number of para-hydroxylation sites is 1. The number of halogens is 1. The molecule has 0 fully saturated rings. The van der Waals surface area contributed by atoms with Crippen molar-refractivity contribution in [1.82, 2.24) is 20.2 Å². The Hall–Kier alpha value is -3.19. The first-order valence-corrected chi connectivity index (χ1v) is 11.7. The summed E-state index contributed by atoms with van der Waals surface area (Å²) in [6, 6.07) is 11.1. The van der Waals surface area contributed by atoms with Crippen molar-refractivity contribution in [1.29, 1.82) is 5.41 Å². The van der Waals surface area contributed by atoms with Crippen molar-refractivity contribution in [2.24, 2.45) is 7.05 Å². The summed E-state index contributed by atoms with van der Waals surface area (Å²) in [5.74, 6) is 0.513. The van der Waals surface area contributed by atoms with E-state index in [1.54, 1.807) is 12.1 Å². The minimum Gasteiger partial charge on any atom is -0.348 e. The molecule has 2 amide bonds. The molecule has 172 valence electrons. The molecule has 8 heteroatoms. The van der Waals surface area contributed by atoms with Crippen molar-refractivity contribution in [2.45, 2.75) is 45.2 Å². The highest BCUT2D eigenvalue weighted by atomic mass is 35.5. The van der Waals surface area contributed by atoms with E-state index >= 15 is 0 Å². The van der Waals surface area contributed by atoms with Crippen LogP contribution in [0.25, 0.3) is 11.0 Å². The minimum absolute atomic E-state index is 0.217. The van der Waals surface area contributed by atoms with Gasteiger partial charge < -0.3 is 20.6 Å². The van der Waals surface area contributed by atoms with Crippen LogP contribution in [0.3, 0.4) is 0 Å². The van der Waals surface area contributed by atoms with Crippen molar-refractivity contribution in [3.8, 4) is 0 Å². The molecule has 0 unspecified atom stereocenters. The fourth-order valence-corrected chi connectivity index (χ4v) is 4.54. The van der Waals surface area contributed by atoms with Crippen LogP contribution in [0.4, 0.5) is 0 Å². The number of aryl methyl sites for hydroxylation is 2. The largest absolute Gasteiger partial charge is 0.348 e. The van der Waals surface area contributed by atoms with E-state index in [1.807, 2.05) is 42.8 Å². The van der Waals surface area contributed by atoms with Gasteiger partial charge in [0.25, 0.3) is 11.8 Å². The van der Waals surface area contributed by atoms with Crippen molar-refractivity contribution in [3.63, 3.8) is 0 Å². The third-order valence-electron chi connectivity index (χ3n) is 6.21. The third kappa shape index (κ3) is 4.64. The molecule has 0 radical (unpaired) electrons.